The van der Waals surface area contributed by atoms with E-state index in [1.54, 1.807) is 6.21 Å². The molecule has 0 bridgehead atoms. The number of rotatable bonds is 7. The van der Waals surface area contributed by atoms with E-state index in [2.05, 4.69) is 79.6 Å². The van der Waals surface area contributed by atoms with Crippen LogP contribution in [0.3, 0.4) is 0 Å². The molecule has 3 rings (SSSR count). The lowest BCUT2D eigenvalue weighted by molar-refractivity contribution is -0.118. The molecule has 0 spiro atoms. The number of amides is 1. The van der Waals surface area contributed by atoms with Crippen LogP contribution in [0, 0.1) is 0 Å². The van der Waals surface area contributed by atoms with E-state index in [1.165, 1.54) is 41.3 Å². The zero-order chi connectivity index (χ0) is 21.6. The van der Waals surface area contributed by atoms with Crippen molar-refractivity contribution < 1.29 is 4.79 Å². The summed E-state index contributed by atoms with van der Waals surface area (Å²) < 4.78 is 0. The summed E-state index contributed by atoms with van der Waals surface area (Å²) in [6.45, 7) is 8.79. The first-order chi connectivity index (χ1) is 14.3. The normalized spacial score (nSPS) is 18.3. The Morgan fingerprint density at radius 2 is 1.70 bits per heavy atom. The molecular formula is C25H31N3OS. The summed E-state index contributed by atoms with van der Waals surface area (Å²) in [5.41, 5.74) is 4.93. The van der Waals surface area contributed by atoms with Crippen molar-refractivity contribution in [2.24, 2.45) is 10.2 Å². The fraction of sp³-hybridized carbons (Fsp3) is 0.400. The van der Waals surface area contributed by atoms with Crippen molar-refractivity contribution >= 4 is 29.1 Å². The van der Waals surface area contributed by atoms with Gasteiger partial charge >= 0.3 is 0 Å². The Hall–Kier alpha value is -2.40. The van der Waals surface area contributed by atoms with E-state index >= 15 is 0 Å². The van der Waals surface area contributed by atoms with Crippen molar-refractivity contribution in [1.82, 2.24) is 5.32 Å². The molecule has 0 saturated carbocycles. The molecule has 30 heavy (non-hydrogen) atoms. The molecule has 2 aromatic rings. The molecule has 0 aromatic heterocycles. The van der Waals surface area contributed by atoms with Gasteiger partial charge in [-0.2, -0.15) is 5.10 Å². The van der Waals surface area contributed by atoms with Gasteiger partial charge in [0.05, 0.1) is 11.5 Å². The number of hydrogen-bond donors (Lipinski definition) is 1. The number of benzene rings is 2. The second kappa shape index (κ2) is 10.1. The second-order valence-corrected chi connectivity index (χ2v) is 9.93. The first kappa shape index (κ1) is 22.3. The Balaban J connectivity index is 1.55. The van der Waals surface area contributed by atoms with Crippen LogP contribution in [0.15, 0.2) is 58.7 Å². The summed E-state index contributed by atoms with van der Waals surface area (Å²) in [6, 6.07) is 16.9. The molecule has 0 radical (unpaired) electrons. The van der Waals surface area contributed by atoms with Crippen molar-refractivity contribution in [1.29, 1.82) is 0 Å². The van der Waals surface area contributed by atoms with Crippen LogP contribution in [0.2, 0.25) is 0 Å². The quantitative estimate of drug-likeness (QED) is 0.475. The molecule has 2 aromatic carbocycles. The maximum absolute atomic E-state index is 12.3. The van der Waals surface area contributed by atoms with Gasteiger partial charge in [0.15, 0.2) is 5.17 Å². The molecule has 1 amide bonds. The lowest BCUT2D eigenvalue weighted by Crippen LogP contribution is -2.25. The van der Waals surface area contributed by atoms with Crippen LogP contribution >= 0.6 is 11.8 Å². The summed E-state index contributed by atoms with van der Waals surface area (Å²) in [7, 11) is 0. The van der Waals surface area contributed by atoms with Gasteiger partial charge in [-0.05, 0) is 46.9 Å². The lowest BCUT2D eigenvalue weighted by atomic mass is 9.87. The Morgan fingerprint density at radius 1 is 1.03 bits per heavy atom. The molecule has 1 N–H and O–H groups in total. The maximum Gasteiger partial charge on any atom is 0.239 e. The van der Waals surface area contributed by atoms with Gasteiger partial charge in [-0.1, -0.05) is 94.4 Å². The van der Waals surface area contributed by atoms with Crippen molar-refractivity contribution in [2.75, 3.05) is 0 Å². The summed E-state index contributed by atoms with van der Waals surface area (Å²) in [4.78, 5) is 12.3. The highest BCUT2D eigenvalue weighted by molar-refractivity contribution is 8.15. The van der Waals surface area contributed by atoms with Gasteiger partial charge in [-0.3, -0.25) is 4.79 Å². The van der Waals surface area contributed by atoms with Gasteiger partial charge in [0.2, 0.25) is 5.91 Å². The molecule has 1 aliphatic rings. The molecule has 1 unspecified atom stereocenters. The molecular weight excluding hydrogens is 390 g/mol. The summed E-state index contributed by atoms with van der Waals surface area (Å²) in [5, 5.41) is 11.6. The van der Waals surface area contributed by atoms with E-state index < -0.39 is 0 Å². The molecule has 1 atom stereocenters. The van der Waals surface area contributed by atoms with Gasteiger partial charge in [-0.15, -0.1) is 5.10 Å². The highest BCUT2D eigenvalue weighted by Crippen LogP contribution is 2.24. The van der Waals surface area contributed by atoms with Gasteiger partial charge < -0.3 is 5.32 Å². The van der Waals surface area contributed by atoms with Gasteiger partial charge in [-0.25, -0.2) is 0 Å². The predicted octanol–water partition coefficient (Wildman–Crippen LogP) is 5.49. The van der Waals surface area contributed by atoms with Crippen molar-refractivity contribution in [3.63, 3.8) is 0 Å². The minimum absolute atomic E-state index is 0.00135. The number of amidine groups is 1. The van der Waals surface area contributed by atoms with E-state index in [9.17, 15) is 4.79 Å². The smallest absolute Gasteiger partial charge is 0.239 e. The van der Waals surface area contributed by atoms with Crippen LogP contribution in [0.4, 0.5) is 0 Å². The van der Waals surface area contributed by atoms with Gasteiger partial charge in [0.25, 0.3) is 0 Å². The molecule has 4 nitrogen and oxygen atoms in total. The maximum atomic E-state index is 12.3. The first-order valence-corrected chi connectivity index (χ1v) is 11.5. The molecule has 5 heteroatoms. The first-order valence-electron chi connectivity index (χ1n) is 10.6. The molecule has 1 saturated heterocycles. The number of unbranched alkanes of at least 4 members (excludes halogenated alkanes) is 1. The zero-order valence-corrected chi connectivity index (χ0v) is 19.1. The SMILES string of the molecule is CCCCc1ccc(CC2S/C(=N/N=C/c3ccc(C(C)(C)C)cc3)NC2=O)cc1. The number of nitrogens with one attached hydrogen (secondary N) is 1. The average molecular weight is 422 g/mol. The van der Waals surface area contributed by atoms with E-state index in [0.717, 1.165) is 12.0 Å². The number of aryl methyl sites for hydroxylation is 1. The topological polar surface area (TPSA) is 53.8 Å². The van der Waals surface area contributed by atoms with E-state index in [1.807, 2.05) is 12.1 Å². The second-order valence-electron chi connectivity index (χ2n) is 8.74. The Labute approximate surface area is 184 Å². The number of thioether (sulfide) groups is 1. The van der Waals surface area contributed by atoms with Crippen LogP contribution in [0.25, 0.3) is 0 Å². The van der Waals surface area contributed by atoms with Gasteiger partial charge in [0.1, 0.15) is 0 Å². The van der Waals surface area contributed by atoms with Crippen LogP contribution in [-0.4, -0.2) is 22.5 Å². The fourth-order valence-electron chi connectivity index (χ4n) is 3.24. The highest BCUT2D eigenvalue weighted by Gasteiger charge is 2.30. The van der Waals surface area contributed by atoms with E-state index in [0.29, 0.717) is 11.6 Å². The van der Waals surface area contributed by atoms with E-state index in [4.69, 9.17) is 0 Å². The fourth-order valence-corrected chi connectivity index (χ4v) is 4.21. The average Bonchev–Trinajstić information content (AvgIpc) is 3.06. The third-order valence-corrected chi connectivity index (χ3v) is 6.24. The molecule has 1 heterocycles. The third kappa shape index (κ3) is 6.30. The van der Waals surface area contributed by atoms with Crippen LogP contribution in [-0.2, 0) is 23.1 Å². The standard InChI is InChI=1S/C25H31N3OS/c1-5-6-7-18-8-10-19(11-9-18)16-22-23(29)27-24(30-22)28-26-17-20-12-14-21(15-13-20)25(2,3)4/h8-15,17,22H,5-7,16H2,1-4H3,(H,27,28,29)/b26-17+. The Morgan fingerprint density at radius 3 is 2.33 bits per heavy atom. The summed E-state index contributed by atoms with van der Waals surface area (Å²) in [6.07, 6.45) is 5.94. The molecule has 1 aliphatic heterocycles. The molecule has 158 valence electrons. The summed E-state index contributed by atoms with van der Waals surface area (Å²) >= 11 is 1.45. The third-order valence-electron chi connectivity index (χ3n) is 5.17. The largest absolute Gasteiger partial charge is 0.303 e. The van der Waals surface area contributed by atoms with Crippen molar-refractivity contribution in [2.45, 2.75) is 64.0 Å². The van der Waals surface area contributed by atoms with Gasteiger partial charge in [0, 0.05) is 0 Å². The number of hydrogen-bond acceptors (Lipinski definition) is 4. The van der Waals surface area contributed by atoms with E-state index in [-0.39, 0.29) is 16.6 Å². The van der Waals surface area contributed by atoms with Crippen LogP contribution < -0.4 is 5.32 Å². The highest BCUT2D eigenvalue weighted by atomic mass is 32.2. The number of nitrogens with zero attached hydrogens (tertiary/aromatic N) is 2. The van der Waals surface area contributed by atoms with Crippen molar-refractivity contribution in [3.05, 3.63) is 70.8 Å². The van der Waals surface area contributed by atoms with Crippen LogP contribution in [0.5, 0.6) is 0 Å². The van der Waals surface area contributed by atoms with Crippen molar-refractivity contribution in [3.8, 4) is 0 Å². The predicted molar refractivity (Wildman–Crippen MR) is 128 cm³/mol. The molecule has 0 aliphatic carbocycles. The monoisotopic (exact) mass is 421 g/mol. The minimum atomic E-state index is -0.161. The number of carbonyl (C=O) groups is 1. The lowest BCUT2D eigenvalue weighted by Gasteiger charge is -2.18. The minimum Gasteiger partial charge on any atom is -0.303 e. The Kier molecular flexibility index (Phi) is 7.48. The zero-order valence-electron chi connectivity index (χ0n) is 18.3. The molecule has 1 fully saturated rings. The van der Waals surface area contributed by atoms with Crippen LogP contribution in [0.1, 0.15) is 62.8 Å². The Bertz CT molecular complexity index is 909. The summed E-state index contributed by atoms with van der Waals surface area (Å²) in [5.74, 6) is -0.00135. The number of carbonyl (C=O) groups excluding carboxylic acids is 1.